The predicted molar refractivity (Wildman–Crippen MR) is 79.6 cm³/mol. The lowest BCUT2D eigenvalue weighted by atomic mass is 9.87. The van der Waals surface area contributed by atoms with Crippen molar-refractivity contribution in [3.63, 3.8) is 0 Å². The molecule has 0 aliphatic rings. The fourth-order valence-electron chi connectivity index (χ4n) is 2.14. The van der Waals surface area contributed by atoms with E-state index in [1.807, 2.05) is 7.05 Å². The second-order valence-corrected chi connectivity index (χ2v) is 6.26. The van der Waals surface area contributed by atoms with Crippen LogP contribution in [-0.4, -0.2) is 25.0 Å². The van der Waals surface area contributed by atoms with Crippen LogP contribution in [0, 0.1) is 5.41 Å². The smallest absolute Gasteiger partial charge is 0.0236 e. The van der Waals surface area contributed by atoms with Crippen molar-refractivity contribution in [1.82, 2.24) is 10.2 Å². The minimum atomic E-state index is 0.312. The highest BCUT2D eigenvalue weighted by Gasteiger charge is 2.24. The molecular weight excluding hydrogens is 220 g/mol. The van der Waals surface area contributed by atoms with Crippen molar-refractivity contribution in [2.45, 2.75) is 46.8 Å². The highest BCUT2D eigenvalue weighted by Crippen LogP contribution is 2.24. The lowest BCUT2D eigenvalue weighted by Crippen LogP contribution is -2.39. The molecule has 0 spiro atoms. The van der Waals surface area contributed by atoms with Crippen LogP contribution >= 0.6 is 0 Å². The van der Waals surface area contributed by atoms with E-state index in [4.69, 9.17) is 0 Å². The summed E-state index contributed by atoms with van der Waals surface area (Å²) < 4.78 is 0. The molecule has 0 aliphatic carbocycles. The van der Waals surface area contributed by atoms with Gasteiger partial charge in [0.05, 0.1) is 0 Å². The Kier molecular flexibility index (Phi) is 5.36. The molecule has 0 saturated heterocycles. The van der Waals surface area contributed by atoms with Gasteiger partial charge in [0, 0.05) is 19.1 Å². The number of benzene rings is 1. The van der Waals surface area contributed by atoms with Gasteiger partial charge in [-0.25, -0.2) is 0 Å². The molecule has 0 bridgehead atoms. The van der Waals surface area contributed by atoms with Crippen LogP contribution in [0.3, 0.4) is 0 Å². The first kappa shape index (κ1) is 15.2. The van der Waals surface area contributed by atoms with Crippen LogP contribution < -0.4 is 5.32 Å². The molecule has 1 unspecified atom stereocenters. The van der Waals surface area contributed by atoms with Gasteiger partial charge in [0.1, 0.15) is 0 Å². The molecule has 102 valence electrons. The van der Waals surface area contributed by atoms with Gasteiger partial charge in [0.2, 0.25) is 0 Å². The van der Waals surface area contributed by atoms with Crippen molar-refractivity contribution in [1.29, 1.82) is 0 Å². The Morgan fingerprint density at radius 1 is 1.17 bits per heavy atom. The zero-order valence-electron chi connectivity index (χ0n) is 12.7. The zero-order valence-corrected chi connectivity index (χ0v) is 12.7. The summed E-state index contributed by atoms with van der Waals surface area (Å²) in [7, 11) is 4.21. The number of nitrogens with one attached hydrogen (secondary N) is 1. The van der Waals surface area contributed by atoms with E-state index >= 15 is 0 Å². The molecule has 1 aromatic rings. The van der Waals surface area contributed by atoms with Crippen molar-refractivity contribution < 1.29 is 0 Å². The van der Waals surface area contributed by atoms with Gasteiger partial charge in [0.25, 0.3) is 0 Å². The molecule has 0 fully saturated rings. The second-order valence-electron chi connectivity index (χ2n) is 6.26. The highest BCUT2D eigenvalue weighted by molar-refractivity contribution is 5.27. The standard InChI is InChI=1S/C16H28N2/c1-13(16(2,3)4)18(6)12-15-10-8-7-9-14(15)11-17-5/h7-10,13,17H,11-12H2,1-6H3. The minimum absolute atomic E-state index is 0.312. The van der Waals surface area contributed by atoms with Gasteiger partial charge in [-0.15, -0.1) is 0 Å². The van der Waals surface area contributed by atoms with E-state index in [-0.39, 0.29) is 0 Å². The Morgan fingerprint density at radius 2 is 1.72 bits per heavy atom. The van der Waals surface area contributed by atoms with Gasteiger partial charge in [-0.1, -0.05) is 45.0 Å². The van der Waals surface area contributed by atoms with Gasteiger partial charge >= 0.3 is 0 Å². The molecule has 0 radical (unpaired) electrons. The van der Waals surface area contributed by atoms with Gasteiger partial charge < -0.3 is 5.32 Å². The van der Waals surface area contributed by atoms with Gasteiger partial charge in [-0.3, -0.25) is 4.90 Å². The maximum atomic E-state index is 3.24. The number of hydrogen-bond donors (Lipinski definition) is 1. The fourth-order valence-corrected chi connectivity index (χ4v) is 2.14. The molecule has 1 N–H and O–H groups in total. The SMILES string of the molecule is CNCc1ccccc1CN(C)C(C)C(C)(C)C. The van der Waals surface area contributed by atoms with E-state index in [2.05, 4.69) is 69.2 Å². The van der Waals surface area contributed by atoms with Crippen LogP contribution in [0.4, 0.5) is 0 Å². The number of rotatable bonds is 5. The molecule has 0 saturated carbocycles. The third-order valence-corrected chi connectivity index (χ3v) is 3.82. The van der Waals surface area contributed by atoms with Gasteiger partial charge in [0.15, 0.2) is 0 Å². The summed E-state index contributed by atoms with van der Waals surface area (Å²) in [4.78, 5) is 2.44. The molecule has 1 aromatic carbocycles. The third-order valence-electron chi connectivity index (χ3n) is 3.82. The fraction of sp³-hybridized carbons (Fsp3) is 0.625. The Balaban J connectivity index is 2.78. The minimum Gasteiger partial charge on any atom is -0.316 e. The molecule has 0 aromatic heterocycles. The summed E-state index contributed by atoms with van der Waals surface area (Å²) >= 11 is 0. The second kappa shape index (κ2) is 6.35. The van der Waals surface area contributed by atoms with Crippen LogP contribution in [0.25, 0.3) is 0 Å². The van der Waals surface area contributed by atoms with E-state index < -0.39 is 0 Å². The van der Waals surface area contributed by atoms with E-state index in [0.717, 1.165) is 13.1 Å². The van der Waals surface area contributed by atoms with Crippen molar-refractivity contribution in [3.05, 3.63) is 35.4 Å². The van der Waals surface area contributed by atoms with Crippen molar-refractivity contribution in [2.24, 2.45) is 5.41 Å². The maximum absolute atomic E-state index is 3.24. The summed E-state index contributed by atoms with van der Waals surface area (Å²) in [6.07, 6.45) is 0. The third kappa shape index (κ3) is 4.11. The average Bonchev–Trinajstić information content (AvgIpc) is 2.29. The molecule has 0 aliphatic heterocycles. The highest BCUT2D eigenvalue weighted by atomic mass is 15.1. The summed E-state index contributed by atoms with van der Waals surface area (Å²) in [5, 5.41) is 3.24. The molecule has 0 heterocycles. The van der Waals surface area contributed by atoms with Crippen molar-refractivity contribution in [3.8, 4) is 0 Å². The Morgan fingerprint density at radius 3 is 2.22 bits per heavy atom. The van der Waals surface area contributed by atoms with Crippen LogP contribution in [0.1, 0.15) is 38.8 Å². The topological polar surface area (TPSA) is 15.3 Å². The summed E-state index contributed by atoms with van der Waals surface area (Å²) in [6, 6.07) is 9.24. The average molecular weight is 248 g/mol. The Bertz CT molecular complexity index is 366. The Hall–Kier alpha value is -0.860. The normalized spacial score (nSPS) is 13.9. The molecule has 2 nitrogen and oxygen atoms in total. The molecule has 1 rings (SSSR count). The molecule has 18 heavy (non-hydrogen) atoms. The molecular formula is C16H28N2. The summed E-state index contributed by atoms with van der Waals surface area (Å²) in [5.74, 6) is 0. The summed E-state index contributed by atoms with van der Waals surface area (Å²) in [6.45, 7) is 11.2. The maximum Gasteiger partial charge on any atom is 0.0236 e. The molecule has 1 atom stereocenters. The lowest BCUT2D eigenvalue weighted by Gasteiger charge is -2.35. The van der Waals surface area contributed by atoms with Crippen molar-refractivity contribution in [2.75, 3.05) is 14.1 Å². The van der Waals surface area contributed by atoms with E-state index in [1.54, 1.807) is 0 Å². The van der Waals surface area contributed by atoms with Crippen LogP contribution in [0.2, 0.25) is 0 Å². The monoisotopic (exact) mass is 248 g/mol. The Labute approximate surface area is 112 Å². The predicted octanol–water partition coefficient (Wildman–Crippen LogP) is 3.27. The quantitative estimate of drug-likeness (QED) is 0.860. The largest absolute Gasteiger partial charge is 0.316 e. The summed E-state index contributed by atoms with van der Waals surface area (Å²) in [5.41, 5.74) is 3.13. The lowest BCUT2D eigenvalue weighted by molar-refractivity contribution is 0.134. The van der Waals surface area contributed by atoms with Gasteiger partial charge in [-0.05, 0) is 37.6 Å². The first-order valence-corrected chi connectivity index (χ1v) is 6.78. The van der Waals surface area contributed by atoms with Gasteiger partial charge in [-0.2, -0.15) is 0 Å². The van der Waals surface area contributed by atoms with Crippen LogP contribution in [-0.2, 0) is 13.1 Å². The zero-order chi connectivity index (χ0) is 13.8. The number of nitrogens with zero attached hydrogens (tertiary/aromatic N) is 1. The molecule has 2 heteroatoms. The number of hydrogen-bond acceptors (Lipinski definition) is 2. The van der Waals surface area contributed by atoms with E-state index in [9.17, 15) is 0 Å². The molecule has 0 amide bonds. The first-order valence-electron chi connectivity index (χ1n) is 6.78. The van der Waals surface area contributed by atoms with Crippen LogP contribution in [0.5, 0.6) is 0 Å². The van der Waals surface area contributed by atoms with E-state index in [1.165, 1.54) is 11.1 Å². The van der Waals surface area contributed by atoms with E-state index in [0.29, 0.717) is 11.5 Å². The van der Waals surface area contributed by atoms with Crippen molar-refractivity contribution >= 4 is 0 Å². The first-order chi connectivity index (χ1) is 8.36. The van der Waals surface area contributed by atoms with Crippen LogP contribution in [0.15, 0.2) is 24.3 Å².